The van der Waals surface area contributed by atoms with Crippen LogP contribution in [-0.2, 0) is 0 Å². The molecule has 114 valence electrons. The summed E-state index contributed by atoms with van der Waals surface area (Å²) in [6.45, 7) is 2.73. The first kappa shape index (κ1) is 16.0. The van der Waals surface area contributed by atoms with Crippen LogP contribution in [0, 0.1) is 0 Å². The molecule has 2 rings (SSSR count). The zero-order chi connectivity index (χ0) is 15.8. The molecule has 22 heavy (non-hydrogen) atoms. The summed E-state index contributed by atoms with van der Waals surface area (Å²) in [6.07, 6.45) is 2.53. The Morgan fingerprint density at radius 2 is 2.05 bits per heavy atom. The largest absolute Gasteiger partial charge is 0.494 e. The van der Waals surface area contributed by atoms with E-state index in [-0.39, 0.29) is 5.91 Å². The molecule has 1 N–H and O–H groups in total. The Morgan fingerprint density at radius 3 is 2.77 bits per heavy atom. The topological polar surface area (TPSA) is 50.7 Å². The van der Waals surface area contributed by atoms with E-state index in [0.717, 1.165) is 17.7 Å². The predicted molar refractivity (Wildman–Crippen MR) is 88.7 cm³/mol. The fourth-order valence-corrected chi connectivity index (χ4v) is 1.86. The van der Waals surface area contributed by atoms with E-state index in [1.807, 2.05) is 24.3 Å². The molecule has 0 saturated heterocycles. The van der Waals surface area contributed by atoms with Crippen molar-refractivity contribution in [2.24, 2.45) is 5.10 Å². The van der Waals surface area contributed by atoms with Gasteiger partial charge < -0.3 is 4.74 Å². The SMILES string of the molecule is CCCOc1cccc(/C=N/NC(=O)c2ccc(Cl)cc2)c1. The Balaban J connectivity index is 1.94. The second-order valence-electron chi connectivity index (χ2n) is 4.63. The minimum absolute atomic E-state index is 0.286. The Hall–Kier alpha value is -2.33. The van der Waals surface area contributed by atoms with Crippen molar-refractivity contribution in [3.63, 3.8) is 0 Å². The minimum atomic E-state index is -0.286. The molecule has 0 aliphatic carbocycles. The zero-order valence-electron chi connectivity index (χ0n) is 12.3. The summed E-state index contributed by atoms with van der Waals surface area (Å²) in [7, 11) is 0. The van der Waals surface area contributed by atoms with Crippen molar-refractivity contribution in [2.45, 2.75) is 13.3 Å². The lowest BCUT2D eigenvalue weighted by Crippen LogP contribution is -2.17. The van der Waals surface area contributed by atoms with Crippen LogP contribution in [0.5, 0.6) is 5.75 Å². The summed E-state index contributed by atoms with van der Waals surface area (Å²) < 4.78 is 5.54. The number of benzene rings is 2. The third kappa shape index (κ3) is 4.90. The maximum atomic E-state index is 11.9. The Bertz CT molecular complexity index is 654. The number of nitrogens with one attached hydrogen (secondary N) is 1. The highest BCUT2D eigenvalue weighted by Gasteiger charge is 2.03. The van der Waals surface area contributed by atoms with Crippen LogP contribution in [0.3, 0.4) is 0 Å². The molecule has 0 atom stereocenters. The molecule has 0 aliphatic heterocycles. The van der Waals surface area contributed by atoms with Crippen molar-refractivity contribution in [1.82, 2.24) is 5.43 Å². The van der Waals surface area contributed by atoms with Gasteiger partial charge in [0.1, 0.15) is 5.75 Å². The summed E-state index contributed by atoms with van der Waals surface area (Å²) in [5.41, 5.74) is 3.83. The van der Waals surface area contributed by atoms with Gasteiger partial charge in [-0.25, -0.2) is 5.43 Å². The van der Waals surface area contributed by atoms with Gasteiger partial charge in [0, 0.05) is 10.6 Å². The van der Waals surface area contributed by atoms with Crippen molar-refractivity contribution in [2.75, 3.05) is 6.61 Å². The normalized spacial score (nSPS) is 10.6. The minimum Gasteiger partial charge on any atom is -0.494 e. The monoisotopic (exact) mass is 316 g/mol. The summed E-state index contributed by atoms with van der Waals surface area (Å²) in [4.78, 5) is 11.9. The van der Waals surface area contributed by atoms with E-state index in [0.29, 0.717) is 17.2 Å². The molecule has 0 heterocycles. The number of ether oxygens (including phenoxy) is 1. The van der Waals surface area contributed by atoms with Crippen LogP contribution in [0.2, 0.25) is 5.02 Å². The van der Waals surface area contributed by atoms with Gasteiger partial charge >= 0.3 is 0 Å². The number of rotatable bonds is 6. The molecular weight excluding hydrogens is 300 g/mol. The molecule has 0 aliphatic rings. The number of halogens is 1. The molecule has 0 spiro atoms. The molecule has 4 nitrogen and oxygen atoms in total. The van der Waals surface area contributed by atoms with E-state index < -0.39 is 0 Å². The predicted octanol–water partition coefficient (Wildman–Crippen LogP) is 3.89. The lowest BCUT2D eigenvalue weighted by Gasteiger charge is -2.04. The third-order valence-corrected chi connectivity index (χ3v) is 3.07. The maximum Gasteiger partial charge on any atom is 0.271 e. The van der Waals surface area contributed by atoms with Gasteiger partial charge in [-0.05, 0) is 48.4 Å². The van der Waals surface area contributed by atoms with Gasteiger partial charge in [-0.3, -0.25) is 4.79 Å². The van der Waals surface area contributed by atoms with E-state index in [4.69, 9.17) is 16.3 Å². The first-order valence-electron chi connectivity index (χ1n) is 7.01. The van der Waals surface area contributed by atoms with Gasteiger partial charge in [-0.2, -0.15) is 5.10 Å². The molecule has 0 fully saturated rings. The van der Waals surface area contributed by atoms with Gasteiger partial charge in [0.15, 0.2) is 0 Å². The molecule has 2 aromatic carbocycles. The van der Waals surface area contributed by atoms with Crippen LogP contribution >= 0.6 is 11.6 Å². The number of hydrogen-bond donors (Lipinski definition) is 1. The fraction of sp³-hybridized carbons (Fsp3) is 0.176. The highest BCUT2D eigenvalue weighted by Crippen LogP contribution is 2.12. The Labute approximate surface area is 134 Å². The first-order chi connectivity index (χ1) is 10.7. The molecule has 5 heteroatoms. The van der Waals surface area contributed by atoms with Gasteiger partial charge in [0.2, 0.25) is 0 Å². The van der Waals surface area contributed by atoms with E-state index in [2.05, 4.69) is 17.5 Å². The van der Waals surface area contributed by atoms with E-state index in [9.17, 15) is 4.79 Å². The third-order valence-electron chi connectivity index (χ3n) is 2.82. The molecule has 1 amide bonds. The number of hydrazone groups is 1. The zero-order valence-corrected chi connectivity index (χ0v) is 13.0. The van der Waals surface area contributed by atoms with Crippen LogP contribution in [-0.4, -0.2) is 18.7 Å². The smallest absolute Gasteiger partial charge is 0.271 e. The number of amides is 1. The van der Waals surface area contributed by atoms with Crippen LogP contribution in [0.1, 0.15) is 29.3 Å². The molecule has 0 bridgehead atoms. The van der Waals surface area contributed by atoms with Crippen LogP contribution < -0.4 is 10.2 Å². The summed E-state index contributed by atoms with van der Waals surface area (Å²) in [5.74, 6) is 0.501. The number of nitrogens with zero attached hydrogens (tertiary/aromatic N) is 1. The van der Waals surface area contributed by atoms with Crippen LogP contribution in [0.4, 0.5) is 0 Å². The second kappa shape index (κ2) is 8.20. The van der Waals surface area contributed by atoms with Gasteiger partial charge in [-0.15, -0.1) is 0 Å². The summed E-state index contributed by atoms with van der Waals surface area (Å²) in [5, 5.41) is 4.54. The lowest BCUT2D eigenvalue weighted by molar-refractivity contribution is 0.0955. The van der Waals surface area contributed by atoms with Crippen molar-refractivity contribution in [3.8, 4) is 5.75 Å². The number of carbonyl (C=O) groups is 1. The van der Waals surface area contributed by atoms with Crippen molar-refractivity contribution in [3.05, 3.63) is 64.7 Å². The Morgan fingerprint density at radius 1 is 1.27 bits per heavy atom. The van der Waals surface area contributed by atoms with Gasteiger partial charge in [0.25, 0.3) is 5.91 Å². The Kier molecular flexibility index (Phi) is 5.98. The quantitative estimate of drug-likeness (QED) is 0.649. The highest BCUT2D eigenvalue weighted by molar-refractivity contribution is 6.30. The van der Waals surface area contributed by atoms with E-state index in [1.54, 1.807) is 30.5 Å². The molecular formula is C17H17ClN2O2. The molecule has 0 aromatic heterocycles. The average Bonchev–Trinajstić information content (AvgIpc) is 2.54. The van der Waals surface area contributed by atoms with Crippen molar-refractivity contribution < 1.29 is 9.53 Å². The fourth-order valence-electron chi connectivity index (χ4n) is 1.74. The van der Waals surface area contributed by atoms with Gasteiger partial charge in [-0.1, -0.05) is 30.7 Å². The molecule has 2 aromatic rings. The second-order valence-corrected chi connectivity index (χ2v) is 5.06. The van der Waals surface area contributed by atoms with Crippen LogP contribution in [0.25, 0.3) is 0 Å². The number of hydrogen-bond acceptors (Lipinski definition) is 3. The highest BCUT2D eigenvalue weighted by atomic mass is 35.5. The van der Waals surface area contributed by atoms with Crippen LogP contribution in [0.15, 0.2) is 53.6 Å². The first-order valence-corrected chi connectivity index (χ1v) is 7.38. The van der Waals surface area contributed by atoms with E-state index >= 15 is 0 Å². The van der Waals surface area contributed by atoms with Crippen molar-refractivity contribution >= 4 is 23.7 Å². The maximum absolute atomic E-state index is 11.9. The molecule has 0 unspecified atom stereocenters. The average molecular weight is 317 g/mol. The van der Waals surface area contributed by atoms with E-state index in [1.165, 1.54) is 0 Å². The standard InChI is InChI=1S/C17H17ClN2O2/c1-2-10-22-16-5-3-4-13(11-16)12-19-20-17(21)14-6-8-15(18)9-7-14/h3-9,11-12H,2,10H2,1H3,(H,20,21)/b19-12+. The number of carbonyl (C=O) groups excluding carboxylic acids is 1. The molecule has 0 saturated carbocycles. The molecule has 0 radical (unpaired) electrons. The van der Waals surface area contributed by atoms with Gasteiger partial charge in [0.05, 0.1) is 12.8 Å². The summed E-state index contributed by atoms with van der Waals surface area (Å²) in [6, 6.07) is 14.1. The summed E-state index contributed by atoms with van der Waals surface area (Å²) >= 11 is 5.78. The lowest BCUT2D eigenvalue weighted by atomic mass is 10.2. The van der Waals surface area contributed by atoms with Crippen molar-refractivity contribution in [1.29, 1.82) is 0 Å².